The highest BCUT2D eigenvalue weighted by Crippen LogP contribution is 2.45. The van der Waals surface area contributed by atoms with Crippen molar-refractivity contribution in [2.75, 3.05) is 26.0 Å². The van der Waals surface area contributed by atoms with E-state index in [4.69, 9.17) is 9.63 Å². The molecule has 1 fully saturated rings. The van der Waals surface area contributed by atoms with Crippen molar-refractivity contribution in [2.24, 2.45) is 5.92 Å². The van der Waals surface area contributed by atoms with E-state index in [0.717, 1.165) is 11.3 Å². The SMILES string of the molecule is O=C(O)CCC(CP(=O)(O)OCC1CCCN1C(=O)CCc1ccc(-n2cc(CCCF)nn2)cc1)C(=O)O. The summed E-state index contributed by atoms with van der Waals surface area (Å²) in [5, 5.41) is 26.1. The molecule has 3 unspecified atom stereocenters. The average Bonchev–Trinajstić information content (AvgIpc) is 3.57. The van der Waals surface area contributed by atoms with Crippen LogP contribution < -0.4 is 0 Å². The summed E-state index contributed by atoms with van der Waals surface area (Å²) in [4.78, 5) is 46.8. The van der Waals surface area contributed by atoms with Crippen molar-refractivity contribution in [3.8, 4) is 5.69 Å². The zero-order valence-electron chi connectivity index (χ0n) is 21.5. The largest absolute Gasteiger partial charge is 0.481 e. The molecule has 0 spiro atoms. The standard InChI is InChI=1S/C25H34FN4O8P/c26-13-1-3-20-15-30(28-27-20)21-9-5-18(6-10-21)7-11-23(31)29-14-2-4-22(29)16-38-39(36,37)17-19(25(34)35)8-12-24(32)33/h5-6,9-10,15,19,22H,1-4,7-8,11-14,16-17H2,(H,32,33)(H,34,35)(H,36,37). The zero-order valence-corrected chi connectivity index (χ0v) is 22.4. The van der Waals surface area contributed by atoms with Crippen molar-refractivity contribution in [2.45, 2.75) is 57.4 Å². The molecule has 0 bridgehead atoms. The van der Waals surface area contributed by atoms with Crippen LogP contribution in [0.25, 0.3) is 5.69 Å². The quantitative estimate of drug-likeness (QED) is 0.256. The Morgan fingerprint density at radius 3 is 2.56 bits per heavy atom. The summed E-state index contributed by atoms with van der Waals surface area (Å²) in [7, 11) is -4.31. The second kappa shape index (κ2) is 14.3. The number of likely N-dealkylation sites (tertiary alicyclic amines) is 1. The van der Waals surface area contributed by atoms with Crippen molar-refractivity contribution in [1.82, 2.24) is 19.9 Å². The topological polar surface area (TPSA) is 172 Å². The van der Waals surface area contributed by atoms with Crippen LogP contribution in [0.15, 0.2) is 30.5 Å². The molecule has 1 saturated heterocycles. The molecular weight excluding hydrogens is 534 g/mol. The molecule has 3 atom stereocenters. The normalized spacial score (nSPS) is 17.6. The van der Waals surface area contributed by atoms with Gasteiger partial charge in [0.2, 0.25) is 5.91 Å². The molecular formula is C25H34FN4O8P. The molecule has 3 N–H and O–H groups in total. The lowest BCUT2D eigenvalue weighted by Gasteiger charge is -2.26. The first-order valence-electron chi connectivity index (χ1n) is 12.8. The van der Waals surface area contributed by atoms with Crippen molar-refractivity contribution >= 4 is 25.4 Å². The van der Waals surface area contributed by atoms with Crippen LogP contribution in [0.5, 0.6) is 0 Å². The van der Waals surface area contributed by atoms with Crippen molar-refractivity contribution < 1.29 is 43.0 Å². The molecule has 214 valence electrons. The van der Waals surface area contributed by atoms with E-state index >= 15 is 0 Å². The molecule has 0 radical (unpaired) electrons. The van der Waals surface area contributed by atoms with Gasteiger partial charge in [-0.3, -0.25) is 23.3 Å². The second-order valence-corrected chi connectivity index (χ2v) is 11.5. The lowest BCUT2D eigenvalue weighted by atomic mass is 10.1. The van der Waals surface area contributed by atoms with Crippen LogP contribution in [0.3, 0.4) is 0 Å². The molecule has 2 heterocycles. The van der Waals surface area contributed by atoms with Crippen LogP contribution in [0, 0.1) is 5.92 Å². The van der Waals surface area contributed by atoms with E-state index in [0.29, 0.717) is 44.3 Å². The molecule has 14 heteroatoms. The van der Waals surface area contributed by atoms with Crippen molar-refractivity contribution in [1.29, 1.82) is 0 Å². The number of aryl methyl sites for hydroxylation is 2. The van der Waals surface area contributed by atoms with Crippen LogP contribution in [0.4, 0.5) is 4.39 Å². The smallest absolute Gasteiger partial charge is 0.329 e. The summed E-state index contributed by atoms with van der Waals surface area (Å²) in [6.45, 7) is -0.114. The van der Waals surface area contributed by atoms with E-state index < -0.39 is 50.8 Å². The monoisotopic (exact) mass is 568 g/mol. The van der Waals surface area contributed by atoms with E-state index in [1.165, 1.54) is 0 Å². The highest BCUT2D eigenvalue weighted by atomic mass is 31.2. The summed E-state index contributed by atoms with van der Waals surface area (Å²) in [6, 6.07) is 7.10. The Balaban J connectivity index is 1.48. The number of amides is 1. The van der Waals surface area contributed by atoms with Gasteiger partial charge in [-0.25, -0.2) is 4.68 Å². The number of halogens is 1. The van der Waals surface area contributed by atoms with Crippen LogP contribution in [-0.2, 0) is 36.3 Å². The average molecular weight is 569 g/mol. The number of aromatic nitrogens is 3. The van der Waals surface area contributed by atoms with Crippen LogP contribution in [0.2, 0.25) is 0 Å². The number of hydrogen-bond acceptors (Lipinski definition) is 7. The number of nitrogens with zero attached hydrogens (tertiary/aromatic N) is 4. The highest BCUT2D eigenvalue weighted by molar-refractivity contribution is 7.52. The summed E-state index contributed by atoms with van der Waals surface area (Å²) in [6.07, 6.45) is 3.29. The zero-order chi connectivity index (χ0) is 28.4. The number of carboxylic acid groups (broad SMARTS) is 2. The number of rotatable bonds is 16. The maximum Gasteiger partial charge on any atom is 0.329 e. The fourth-order valence-electron chi connectivity index (χ4n) is 4.46. The fraction of sp³-hybridized carbons (Fsp3) is 0.560. The third kappa shape index (κ3) is 9.52. The lowest BCUT2D eigenvalue weighted by Crippen LogP contribution is -2.38. The maximum atomic E-state index is 12.9. The Kier molecular flexibility index (Phi) is 11.1. The third-order valence-corrected chi connectivity index (χ3v) is 8.06. The Bertz CT molecular complexity index is 1180. The van der Waals surface area contributed by atoms with Gasteiger partial charge < -0.3 is 24.5 Å². The van der Waals surface area contributed by atoms with Crippen molar-refractivity contribution in [3.63, 3.8) is 0 Å². The molecule has 0 aliphatic carbocycles. The molecule has 0 saturated carbocycles. The molecule has 1 aliphatic rings. The van der Waals surface area contributed by atoms with E-state index in [9.17, 15) is 33.3 Å². The summed E-state index contributed by atoms with van der Waals surface area (Å²) in [5.74, 6) is -3.99. The maximum absolute atomic E-state index is 12.9. The Morgan fingerprint density at radius 2 is 1.90 bits per heavy atom. The molecule has 2 aromatic rings. The van der Waals surface area contributed by atoms with Crippen molar-refractivity contribution in [3.05, 3.63) is 41.7 Å². The van der Waals surface area contributed by atoms with Gasteiger partial charge in [0.1, 0.15) is 0 Å². The molecule has 1 aromatic carbocycles. The van der Waals surface area contributed by atoms with E-state index in [-0.39, 0.29) is 25.4 Å². The predicted molar refractivity (Wildman–Crippen MR) is 137 cm³/mol. The van der Waals surface area contributed by atoms with Gasteiger partial charge in [-0.05, 0) is 56.2 Å². The first-order chi connectivity index (χ1) is 18.6. The number of benzene rings is 1. The Hall–Kier alpha value is -3.15. The van der Waals surface area contributed by atoms with E-state index in [2.05, 4.69) is 10.3 Å². The summed E-state index contributed by atoms with van der Waals surface area (Å²) >= 11 is 0. The molecule has 12 nitrogen and oxygen atoms in total. The lowest BCUT2D eigenvalue weighted by molar-refractivity contribution is -0.142. The molecule has 39 heavy (non-hydrogen) atoms. The fourth-order valence-corrected chi connectivity index (χ4v) is 5.87. The minimum Gasteiger partial charge on any atom is -0.481 e. The third-order valence-electron chi connectivity index (χ3n) is 6.61. The number of aliphatic carboxylic acids is 2. The van der Waals surface area contributed by atoms with Gasteiger partial charge in [-0.15, -0.1) is 5.10 Å². The molecule has 3 rings (SSSR count). The summed E-state index contributed by atoms with van der Waals surface area (Å²) in [5.41, 5.74) is 2.45. The minimum atomic E-state index is -4.31. The van der Waals surface area contributed by atoms with E-state index in [1.807, 2.05) is 24.3 Å². The van der Waals surface area contributed by atoms with Gasteiger partial charge in [0, 0.05) is 19.4 Å². The minimum absolute atomic E-state index is 0.114. The van der Waals surface area contributed by atoms with Gasteiger partial charge in [-0.1, -0.05) is 17.3 Å². The van der Waals surface area contributed by atoms with Crippen LogP contribution >= 0.6 is 7.60 Å². The highest BCUT2D eigenvalue weighted by Gasteiger charge is 2.34. The van der Waals surface area contributed by atoms with Gasteiger partial charge in [0.15, 0.2) is 0 Å². The van der Waals surface area contributed by atoms with Gasteiger partial charge in [0.25, 0.3) is 0 Å². The van der Waals surface area contributed by atoms with Gasteiger partial charge in [0.05, 0.1) is 49.0 Å². The number of alkyl halides is 1. The first-order valence-corrected chi connectivity index (χ1v) is 14.6. The first kappa shape index (κ1) is 30.4. The molecule has 1 amide bonds. The Morgan fingerprint density at radius 1 is 1.15 bits per heavy atom. The number of carbonyl (C=O) groups excluding carboxylic acids is 1. The number of carbonyl (C=O) groups is 3. The predicted octanol–water partition coefficient (Wildman–Crippen LogP) is 2.86. The molecule has 1 aromatic heterocycles. The van der Waals surface area contributed by atoms with Crippen LogP contribution in [-0.4, -0.2) is 84.9 Å². The van der Waals surface area contributed by atoms with Gasteiger partial charge in [-0.2, -0.15) is 0 Å². The van der Waals surface area contributed by atoms with Gasteiger partial charge >= 0.3 is 19.5 Å². The van der Waals surface area contributed by atoms with E-state index in [1.54, 1.807) is 15.8 Å². The Labute approximate surface area is 225 Å². The summed E-state index contributed by atoms with van der Waals surface area (Å²) < 4.78 is 31.7. The van der Waals surface area contributed by atoms with Crippen LogP contribution in [0.1, 0.15) is 49.8 Å². The molecule has 1 aliphatic heterocycles. The number of carboxylic acids is 2. The number of hydrogen-bond donors (Lipinski definition) is 3. The second-order valence-electron chi connectivity index (χ2n) is 9.58.